The third-order valence-electron chi connectivity index (χ3n) is 7.33. The molecular weight excluding hydrogens is 348 g/mol. The van der Waals surface area contributed by atoms with Crippen molar-refractivity contribution in [2.75, 3.05) is 0 Å². The number of ether oxygens (including phenoxy) is 1. The van der Waals surface area contributed by atoms with E-state index in [0.717, 1.165) is 51.4 Å². The molecule has 0 amide bonds. The molecule has 4 rings (SSSR count). The monoisotopic (exact) mass is 384 g/mol. The van der Waals surface area contributed by atoms with E-state index in [-0.39, 0.29) is 17.5 Å². The van der Waals surface area contributed by atoms with Crippen LogP contribution in [0.25, 0.3) is 0 Å². The predicted octanol–water partition coefficient (Wildman–Crippen LogP) is 3.52. The van der Waals surface area contributed by atoms with Crippen molar-refractivity contribution < 1.29 is 13.5 Å². The lowest BCUT2D eigenvalue weighted by Crippen LogP contribution is -2.49. The minimum absolute atomic E-state index is 0.124. The maximum absolute atomic E-state index is 12.7. The molecule has 5 nitrogen and oxygen atoms in total. The molecule has 1 heterocycles. The molecule has 1 saturated heterocycles. The smallest absolute Gasteiger partial charge is 0.137 e. The minimum atomic E-state index is -3.16. The molecule has 3 saturated carbocycles. The second kappa shape index (κ2) is 8.16. The van der Waals surface area contributed by atoms with Gasteiger partial charge in [-0.25, -0.2) is 0 Å². The zero-order valence-electron chi connectivity index (χ0n) is 16.2. The Morgan fingerprint density at radius 1 is 0.962 bits per heavy atom. The fourth-order valence-electron chi connectivity index (χ4n) is 5.54. The molecule has 0 spiro atoms. The quantitative estimate of drug-likeness (QED) is 0.728. The Hall–Kier alpha value is -0.0100. The van der Waals surface area contributed by atoms with Gasteiger partial charge < -0.3 is 9.29 Å². The summed E-state index contributed by atoms with van der Waals surface area (Å²) in [5.74, 6) is 1.22. The number of hydrogen-bond donors (Lipinski definition) is 2. The number of sulfonamides is 1. The van der Waals surface area contributed by atoms with E-state index in [4.69, 9.17) is 4.74 Å². The first-order valence-corrected chi connectivity index (χ1v) is 12.5. The summed E-state index contributed by atoms with van der Waals surface area (Å²) in [5.41, 5.74) is 0. The lowest BCUT2D eigenvalue weighted by molar-refractivity contribution is -0.0163. The SMILES string of the molecule is CC1CCC([S+](=O)([O-])NC2CCC(C3NC4CCCCC4O3)CC2)CC1. The highest BCUT2D eigenvalue weighted by molar-refractivity contribution is 7.96. The van der Waals surface area contributed by atoms with Crippen molar-refractivity contribution in [3.05, 3.63) is 0 Å². The predicted molar refractivity (Wildman–Crippen MR) is 103 cm³/mol. The number of nitrogens with one attached hydrogen (secondary N) is 2. The second-order valence-electron chi connectivity index (χ2n) is 9.31. The van der Waals surface area contributed by atoms with Crippen molar-refractivity contribution in [1.82, 2.24) is 10.0 Å². The topological polar surface area (TPSA) is 73.4 Å². The molecule has 0 aromatic heterocycles. The second-order valence-corrected chi connectivity index (χ2v) is 11.3. The van der Waals surface area contributed by atoms with Crippen LogP contribution < -0.4 is 10.0 Å². The van der Waals surface area contributed by atoms with Gasteiger partial charge in [-0.2, -0.15) is 0 Å². The summed E-state index contributed by atoms with van der Waals surface area (Å²) in [4.78, 5) is 0. The lowest BCUT2D eigenvalue weighted by Gasteiger charge is -2.35. The van der Waals surface area contributed by atoms with Gasteiger partial charge in [0.1, 0.15) is 21.9 Å². The summed E-state index contributed by atoms with van der Waals surface area (Å²) in [6, 6.07) is 0.679. The third kappa shape index (κ3) is 4.35. The fourth-order valence-corrected chi connectivity index (χ4v) is 7.33. The molecule has 0 radical (unpaired) electrons. The van der Waals surface area contributed by atoms with Crippen LogP contribution in [0.15, 0.2) is 0 Å². The Balaban J connectivity index is 1.24. The van der Waals surface area contributed by atoms with Crippen molar-refractivity contribution in [3.8, 4) is 0 Å². The highest BCUT2D eigenvalue weighted by atomic mass is 32.3. The van der Waals surface area contributed by atoms with Crippen LogP contribution in [0, 0.1) is 11.8 Å². The van der Waals surface area contributed by atoms with Crippen LogP contribution in [0.4, 0.5) is 0 Å². The van der Waals surface area contributed by atoms with Crippen LogP contribution in [0.1, 0.15) is 84.0 Å². The van der Waals surface area contributed by atoms with E-state index < -0.39 is 10.4 Å². The third-order valence-corrected chi connectivity index (χ3v) is 9.35. The van der Waals surface area contributed by atoms with Gasteiger partial charge in [0.25, 0.3) is 0 Å². The average Bonchev–Trinajstić information content (AvgIpc) is 3.06. The van der Waals surface area contributed by atoms with E-state index in [9.17, 15) is 8.76 Å². The number of fused-ring (bicyclic) bond motifs is 1. The highest BCUT2D eigenvalue weighted by Gasteiger charge is 2.42. The van der Waals surface area contributed by atoms with Gasteiger partial charge in [0.2, 0.25) is 0 Å². The molecular formula is C20H36N2O3S. The molecule has 4 fully saturated rings. The van der Waals surface area contributed by atoms with Gasteiger partial charge in [0, 0.05) is 6.04 Å². The maximum Gasteiger partial charge on any atom is 0.137 e. The van der Waals surface area contributed by atoms with E-state index in [1.54, 1.807) is 0 Å². The standard InChI is InChI=1S/C20H36N2O3S/c1-14-6-12-17(13-7-14)26(23,24)22-16-10-8-15(9-11-16)20-21-18-4-2-3-5-19(18)25-20/h14-21H,2-13H2,1H3,(H-,22,23,24). The molecule has 1 aliphatic heterocycles. The largest absolute Gasteiger partial charge is 0.598 e. The molecule has 6 heteroatoms. The molecule has 4 atom stereocenters. The van der Waals surface area contributed by atoms with Gasteiger partial charge in [-0.1, -0.05) is 24.0 Å². The van der Waals surface area contributed by atoms with Crippen molar-refractivity contribution in [1.29, 1.82) is 0 Å². The highest BCUT2D eigenvalue weighted by Crippen LogP contribution is 2.36. The van der Waals surface area contributed by atoms with E-state index >= 15 is 0 Å². The van der Waals surface area contributed by atoms with Crippen molar-refractivity contribution in [2.24, 2.45) is 11.8 Å². The maximum atomic E-state index is 12.7. The molecule has 26 heavy (non-hydrogen) atoms. The molecule has 0 aromatic carbocycles. The summed E-state index contributed by atoms with van der Waals surface area (Å²) in [7, 11) is -3.16. The van der Waals surface area contributed by atoms with Gasteiger partial charge in [0.05, 0.1) is 12.1 Å². The van der Waals surface area contributed by atoms with Gasteiger partial charge in [-0.3, -0.25) is 5.32 Å². The van der Waals surface area contributed by atoms with Gasteiger partial charge in [-0.15, -0.1) is 4.72 Å². The number of hydrogen-bond acceptors (Lipinski definition) is 4. The Morgan fingerprint density at radius 2 is 1.65 bits per heavy atom. The lowest BCUT2D eigenvalue weighted by atomic mass is 9.85. The van der Waals surface area contributed by atoms with Crippen LogP contribution in [0.2, 0.25) is 0 Å². The molecule has 0 bridgehead atoms. The summed E-state index contributed by atoms with van der Waals surface area (Å²) in [6.45, 7) is 2.23. The molecule has 4 unspecified atom stereocenters. The number of rotatable bonds is 4. The summed E-state index contributed by atoms with van der Waals surface area (Å²) in [5, 5.41) is 3.55. The van der Waals surface area contributed by atoms with Crippen LogP contribution in [0.3, 0.4) is 0 Å². The Kier molecular flexibility index (Phi) is 6.06. The Morgan fingerprint density at radius 3 is 2.35 bits per heavy atom. The Bertz CT molecular complexity index is 501. The van der Waals surface area contributed by atoms with E-state index in [1.807, 2.05) is 0 Å². The average molecular weight is 385 g/mol. The van der Waals surface area contributed by atoms with Gasteiger partial charge >= 0.3 is 0 Å². The van der Waals surface area contributed by atoms with Crippen molar-refractivity contribution in [3.63, 3.8) is 0 Å². The summed E-state index contributed by atoms with van der Waals surface area (Å²) >= 11 is 0. The first-order valence-electron chi connectivity index (χ1n) is 10.9. The van der Waals surface area contributed by atoms with Gasteiger partial charge in [-0.05, 0) is 76.0 Å². The van der Waals surface area contributed by atoms with E-state index in [1.165, 1.54) is 25.7 Å². The van der Waals surface area contributed by atoms with Crippen LogP contribution >= 0.6 is 0 Å². The zero-order valence-corrected chi connectivity index (χ0v) is 17.0. The minimum Gasteiger partial charge on any atom is -0.598 e. The summed E-state index contributed by atoms with van der Waals surface area (Å²) in [6.07, 6.45) is 13.4. The van der Waals surface area contributed by atoms with Crippen LogP contribution in [-0.2, 0) is 19.3 Å². The van der Waals surface area contributed by atoms with Crippen LogP contribution in [-0.4, -0.2) is 34.2 Å². The molecule has 3 aliphatic carbocycles. The zero-order chi connectivity index (χ0) is 18.1. The van der Waals surface area contributed by atoms with Gasteiger partial charge in [0.15, 0.2) is 0 Å². The Labute approximate surface area is 159 Å². The van der Waals surface area contributed by atoms with Crippen LogP contribution in [0.5, 0.6) is 0 Å². The first kappa shape index (κ1) is 19.3. The van der Waals surface area contributed by atoms with E-state index in [0.29, 0.717) is 24.0 Å². The molecule has 150 valence electrons. The normalized spacial score (nSPS) is 46.5. The fraction of sp³-hybridized carbons (Fsp3) is 1.00. The molecule has 0 aromatic rings. The van der Waals surface area contributed by atoms with Crippen molar-refractivity contribution in [2.45, 2.75) is 114 Å². The summed E-state index contributed by atoms with van der Waals surface area (Å²) < 4.78 is 34.8. The first-order chi connectivity index (χ1) is 12.5. The molecule has 4 aliphatic rings. The van der Waals surface area contributed by atoms with E-state index in [2.05, 4.69) is 17.0 Å². The van der Waals surface area contributed by atoms with Crippen molar-refractivity contribution >= 4 is 10.4 Å². The molecule has 2 N–H and O–H groups in total.